The van der Waals surface area contributed by atoms with E-state index in [1.54, 1.807) is 12.3 Å². The molecule has 0 spiro atoms. The topological polar surface area (TPSA) is 45.2 Å². The number of nitrogens with one attached hydrogen (secondary N) is 1. The maximum atomic E-state index is 12.5. The average molecular weight is 313 g/mol. The Morgan fingerprint density at radius 3 is 2.95 bits per heavy atom. The van der Waals surface area contributed by atoms with Crippen LogP contribution in [0.2, 0.25) is 0 Å². The molecular formula is C17H19N3OS. The first kappa shape index (κ1) is 14.9. The van der Waals surface area contributed by atoms with Crippen molar-refractivity contribution in [3.63, 3.8) is 0 Å². The van der Waals surface area contributed by atoms with Crippen LogP contribution in [0.1, 0.15) is 28.4 Å². The summed E-state index contributed by atoms with van der Waals surface area (Å²) in [5.74, 6) is 1.77. The van der Waals surface area contributed by atoms with Crippen molar-refractivity contribution in [2.24, 2.45) is 0 Å². The monoisotopic (exact) mass is 313 g/mol. The SMILES string of the molecule is CN(C)c1cc(C(=O)N[C@H]2CCSc3ccccc32)ccn1. The van der Waals surface area contributed by atoms with Crippen molar-refractivity contribution in [2.75, 3.05) is 24.7 Å². The van der Waals surface area contributed by atoms with Crippen LogP contribution in [0.5, 0.6) is 0 Å². The number of anilines is 1. The van der Waals surface area contributed by atoms with Crippen LogP contribution in [0.25, 0.3) is 0 Å². The Balaban J connectivity index is 1.79. The molecule has 0 radical (unpaired) electrons. The molecule has 0 saturated carbocycles. The molecular weight excluding hydrogens is 294 g/mol. The van der Waals surface area contributed by atoms with Gasteiger partial charge in [0.1, 0.15) is 5.82 Å². The lowest BCUT2D eigenvalue weighted by Gasteiger charge is -2.26. The summed E-state index contributed by atoms with van der Waals surface area (Å²) in [7, 11) is 3.83. The first-order valence-corrected chi connectivity index (χ1v) is 8.29. The van der Waals surface area contributed by atoms with Crippen LogP contribution in [-0.2, 0) is 0 Å². The Morgan fingerprint density at radius 1 is 1.32 bits per heavy atom. The predicted molar refractivity (Wildman–Crippen MR) is 90.6 cm³/mol. The van der Waals surface area contributed by atoms with E-state index in [-0.39, 0.29) is 11.9 Å². The number of rotatable bonds is 3. The first-order chi connectivity index (χ1) is 10.6. The number of carbonyl (C=O) groups is 1. The van der Waals surface area contributed by atoms with Gasteiger partial charge in [-0.05, 0) is 30.2 Å². The molecule has 4 nitrogen and oxygen atoms in total. The number of hydrogen-bond donors (Lipinski definition) is 1. The normalized spacial score (nSPS) is 16.7. The number of amides is 1. The van der Waals surface area contributed by atoms with E-state index >= 15 is 0 Å². The number of fused-ring (bicyclic) bond motifs is 1. The van der Waals surface area contributed by atoms with Crippen molar-refractivity contribution in [1.29, 1.82) is 0 Å². The van der Waals surface area contributed by atoms with Crippen LogP contribution in [0.15, 0.2) is 47.5 Å². The molecule has 2 aromatic rings. The smallest absolute Gasteiger partial charge is 0.251 e. The van der Waals surface area contributed by atoms with Gasteiger partial charge in [-0.2, -0.15) is 0 Å². The highest BCUT2D eigenvalue weighted by Gasteiger charge is 2.22. The molecule has 0 saturated heterocycles. The third-order valence-corrected chi connectivity index (χ3v) is 4.85. The molecule has 1 atom stereocenters. The van der Waals surface area contributed by atoms with E-state index in [1.165, 1.54) is 10.5 Å². The van der Waals surface area contributed by atoms with Crippen molar-refractivity contribution in [2.45, 2.75) is 17.4 Å². The number of thioether (sulfide) groups is 1. The van der Waals surface area contributed by atoms with Crippen molar-refractivity contribution < 1.29 is 4.79 Å². The number of carbonyl (C=O) groups excluding carboxylic acids is 1. The Hall–Kier alpha value is -2.01. The van der Waals surface area contributed by atoms with Crippen LogP contribution in [0, 0.1) is 0 Å². The van der Waals surface area contributed by atoms with E-state index in [0.29, 0.717) is 5.56 Å². The van der Waals surface area contributed by atoms with E-state index in [0.717, 1.165) is 18.0 Å². The van der Waals surface area contributed by atoms with Gasteiger partial charge in [0.2, 0.25) is 0 Å². The summed E-state index contributed by atoms with van der Waals surface area (Å²) < 4.78 is 0. The van der Waals surface area contributed by atoms with Gasteiger partial charge in [-0.15, -0.1) is 11.8 Å². The van der Waals surface area contributed by atoms with Gasteiger partial charge in [-0.3, -0.25) is 4.79 Å². The molecule has 1 aromatic heterocycles. The molecule has 22 heavy (non-hydrogen) atoms. The van der Waals surface area contributed by atoms with Crippen molar-refractivity contribution >= 4 is 23.5 Å². The molecule has 1 aliphatic heterocycles. The van der Waals surface area contributed by atoms with E-state index in [9.17, 15) is 4.79 Å². The second-order valence-corrected chi connectivity index (χ2v) is 6.63. The number of pyridine rings is 1. The van der Waals surface area contributed by atoms with E-state index < -0.39 is 0 Å². The summed E-state index contributed by atoms with van der Waals surface area (Å²) in [6, 6.07) is 12.0. The number of nitrogens with zero attached hydrogens (tertiary/aromatic N) is 2. The van der Waals surface area contributed by atoms with Gasteiger partial charge in [0.05, 0.1) is 6.04 Å². The summed E-state index contributed by atoms with van der Waals surface area (Å²) >= 11 is 1.85. The minimum absolute atomic E-state index is 0.0443. The predicted octanol–water partition coefficient (Wildman–Crippen LogP) is 3.11. The summed E-state index contributed by atoms with van der Waals surface area (Å²) in [4.78, 5) is 19.9. The minimum Gasteiger partial charge on any atom is -0.363 e. The average Bonchev–Trinajstić information content (AvgIpc) is 2.55. The lowest BCUT2D eigenvalue weighted by Crippen LogP contribution is -2.30. The molecule has 0 fully saturated rings. The summed E-state index contributed by atoms with van der Waals surface area (Å²) in [6.07, 6.45) is 2.63. The lowest BCUT2D eigenvalue weighted by atomic mass is 10.0. The molecule has 0 bridgehead atoms. The van der Waals surface area contributed by atoms with Gasteiger partial charge >= 0.3 is 0 Å². The maximum absolute atomic E-state index is 12.5. The molecule has 0 unspecified atom stereocenters. The molecule has 5 heteroatoms. The molecule has 0 aliphatic carbocycles. The summed E-state index contributed by atoms with van der Waals surface area (Å²) in [5, 5.41) is 3.16. The third-order valence-electron chi connectivity index (χ3n) is 3.73. The zero-order chi connectivity index (χ0) is 15.5. The van der Waals surface area contributed by atoms with Crippen LogP contribution < -0.4 is 10.2 Å². The highest BCUT2D eigenvalue weighted by atomic mass is 32.2. The third kappa shape index (κ3) is 3.09. The summed E-state index contributed by atoms with van der Waals surface area (Å²) in [6.45, 7) is 0. The van der Waals surface area contributed by atoms with Gasteiger partial charge < -0.3 is 10.2 Å². The molecule has 1 aliphatic rings. The highest BCUT2D eigenvalue weighted by Crippen LogP contribution is 2.35. The quantitative estimate of drug-likeness (QED) is 0.946. The Labute approximate surface area is 134 Å². The number of aromatic nitrogens is 1. The Kier molecular flexibility index (Phi) is 4.34. The second kappa shape index (κ2) is 6.40. The number of benzene rings is 1. The van der Waals surface area contributed by atoms with Crippen molar-refractivity contribution in [3.8, 4) is 0 Å². The Morgan fingerprint density at radius 2 is 2.14 bits per heavy atom. The molecule has 1 amide bonds. The van der Waals surface area contributed by atoms with E-state index in [1.807, 2.05) is 49.0 Å². The van der Waals surface area contributed by atoms with Gasteiger partial charge in [0.15, 0.2) is 0 Å². The zero-order valence-corrected chi connectivity index (χ0v) is 13.6. The molecule has 114 valence electrons. The van der Waals surface area contributed by atoms with Gasteiger partial charge in [0.25, 0.3) is 5.91 Å². The zero-order valence-electron chi connectivity index (χ0n) is 12.7. The largest absolute Gasteiger partial charge is 0.363 e. The van der Waals surface area contributed by atoms with Crippen LogP contribution >= 0.6 is 11.8 Å². The van der Waals surface area contributed by atoms with Crippen molar-refractivity contribution in [3.05, 3.63) is 53.7 Å². The van der Waals surface area contributed by atoms with Gasteiger partial charge in [0, 0.05) is 36.5 Å². The minimum atomic E-state index is -0.0443. The van der Waals surface area contributed by atoms with Gasteiger partial charge in [-0.1, -0.05) is 18.2 Å². The highest BCUT2D eigenvalue weighted by molar-refractivity contribution is 7.99. The van der Waals surface area contributed by atoms with Crippen LogP contribution in [0.4, 0.5) is 5.82 Å². The van der Waals surface area contributed by atoms with Crippen LogP contribution in [-0.4, -0.2) is 30.7 Å². The Bertz CT molecular complexity index is 687. The molecule has 1 aromatic carbocycles. The first-order valence-electron chi connectivity index (χ1n) is 7.31. The van der Waals surface area contributed by atoms with Gasteiger partial charge in [-0.25, -0.2) is 4.98 Å². The fourth-order valence-electron chi connectivity index (χ4n) is 2.54. The molecule has 2 heterocycles. The lowest BCUT2D eigenvalue weighted by molar-refractivity contribution is 0.0935. The van der Waals surface area contributed by atoms with Crippen LogP contribution in [0.3, 0.4) is 0 Å². The fraction of sp³-hybridized carbons (Fsp3) is 0.294. The maximum Gasteiger partial charge on any atom is 0.251 e. The van der Waals surface area contributed by atoms with Crippen molar-refractivity contribution in [1.82, 2.24) is 10.3 Å². The molecule has 1 N–H and O–H groups in total. The summed E-state index contributed by atoms with van der Waals surface area (Å²) in [5.41, 5.74) is 1.86. The van der Waals surface area contributed by atoms with E-state index in [2.05, 4.69) is 22.4 Å². The number of hydrogen-bond acceptors (Lipinski definition) is 4. The molecule has 3 rings (SSSR count). The van der Waals surface area contributed by atoms with E-state index in [4.69, 9.17) is 0 Å². The standard InChI is InChI=1S/C17H19N3OS/c1-20(2)16-11-12(7-9-18-16)17(21)19-14-8-10-22-15-6-4-3-5-13(14)15/h3-7,9,11,14H,8,10H2,1-2H3,(H,19,21)/t14-/m0/s1. The fourth-order valence-corrected chi connectivity index (χ4v) is 3.66. The second-order valence-electron chi connectivity index (χ2n) is 5.50.